The van der Waals surface area contributed by atoms with E-state index in [1.807, 2.05) is 60.6 Å². The molecule has 204 valence electrons. The lowest BCUT2D eigenvalue weighted by atomic mass is 9.83. The smallest absolute Gasteiger partial charge is 0.266 e. The van der Waals surface area contributed by atoms with Gasteiger partial charge in [0.15, 0.2) is 0 Å². The maximum absolute atomic E-state index is 14.3. The van der Waals surface area contributed by atoms with Crippen molar-refractivity contribution in [1.29, 1.82) is 0 Å². The summed E-state index contributed by atoms with van der Waals surface area (Å²) in [5.41, 5.74) is 2.86. The van der Waals surface area contributed by atoms with Crippen LogP contribution in [0.3, 0.4) is 0 Å². The Morgan fingerprint density at radius 2 is 1.82 bits per heavy atom. The number of hydrogen-bond acceptors (Lipinski definition) is 6. The SMILES string of the molecule is CCOc1ccc(-c2cnc(NC)nc2)cc1CN(C(=O)c1sc2ccccc2c1Cl)[C@H]1CC[C@H](CC)CC1. The molecule has 2 aromatic heterocycles. The average molecular weight is 563 g/mol. The van der Waals surface area contributed by atoms with Crippen LogP contribution in [-0.4, -0.2) is 40.5 Å². The van der Waals surface area contributed by atoms with E-state index < -0.39 is 0 Å². The van der Waals surface area contributed by atoms with Gasteiger partial charge in [-0.1, -0.05) is 49.2 Å². The molecule has 4 aromatic rings. The Kier molecular flexibility index (Phi) is 8.68. The zero-order valence-electron chi connectivity index (χ0n) is 22.7. The number of thiophene rings is 1. The van der Waals surface area contributed by atoms with E-state index in [0.29, 0.717) is 29.0 Å². The number of aromatic nitrogens is 2. The van der Waals surface area contributed by atoms with E-state index in [1.54, 1.807) is 7.05 Å². The van der Waals surface area contributed by atoms with Crippen LogP contribution in [0.5, 0.6) is 5.75 Å². The molecule has 1 fully saturated rings. The molecule has 0 unspecified atom stereocenters. The predicted molar refractivity (Wildman–Crippen MR) is 161 cm³/mol. The number of fused-ring (bicyclic) bond motifs is 1. The molecule has 0 saturated heterocycles. The Morgan fingerprint density at radius 1 is 1.08 bits per heavy atom. The molecule has 8 heteroatoms. The van der Waals surface area contributed by atoms with Crippen molar-refractivity contribution in [2.45, 2.75) is 58.5 Å². The quantitative estimate of drug-likeness (QED) is 0.223. The second kappa shape index (κ2) is 12.3. The van der Waals surface area contributed by atoms with Gasteiger partial charge in [0.05, 0.1) is 11.6 Å². The van der Waals surface area contributed by atoms with Crippen LogP contribution in [0.25, 0.3) is 21.2 Å². The largest absolute Gasteiger partial charge is 0.494 e. The van der Waals surface area contributed by atoms with Gasteiger partial charge in [0, 0.05) is 53.2 Å². The van der Waals surface area contributed by atoms with Crippen LogP contribution in [0.2, 0.25) is 5.02 Å². The monoisotopic (exact) mass is 562 g/mol. The van der Waals surface area contributed by atoms with Gasteiger partial charge in [0.25, 0.3) is 5.91 Å². The summed E-state index contributed by atoms with van der Waals surface area (Å²) in [5.74, 6) is 2.09. The van der Waals surface area contributed by atoms with Crippen molar-refractivity contribution < 1.29 is 9.53 Å². The van der Waals surface area contributed by atoms with Crippen LogP contribution in [0.15, 0.2) is 54.9 Å². The maximum atomic E-state index is 14.3. The number of hydrogen-bond donors (Lipinski definition) is 1. The molecular formula is C31H35ClN4O2S. The van der Waals surface area contributed by atoms with Crippen molar-refractivity contribution >= 4 is 44.9 Å². The number of amides is 1. The third kappa shape index (κ3) is 5.89. The fraction of sp³-hybridized carbons (Fsp3) is 0.387. The summed E-state index contributed by atoms with van der Waals surface area (Å²) in [5, 5.41) is 4.44. The molecule has 6 nitrogen and oxygen atoms in total. The number of carbonyl (C=O) groups excluding carboxylic acids is 1. The Bertz CT molecular complexity index is 1430. The van der Waals surface area contributed by atoms with E-state index in [-0.39, 0.29) is 11.9 Å². The van der Waals surface area contributed by atoms with Gasteiger partial charge < -0.3 is 15.0 Å². The molecule has 39 heavy (non-hydrogen) atoms. The van der Waals surface area contributed by atoms with E-state index in [9.17, 15) is 4.79 Å². The van der Waals surface area contributed by atoms with Gasteiger partial charge in [0.1, 0.15) is 10.6 Å². The highest BCUT2D eigenvalue weighted by molar-refractivity contribution is 7.21. The number of ether oxygens (including phenoxy) is 1. The second-order valence-electron chi connectivity index (χ2n) is 10.1. The highest BCUT2D eigenvalue weighted by atomic mass is 35.5. The molecule has 0 atom stereocenters. The zero-order chi connectivity index (χ0) is 27.4. The first-order valence-electron chi connectivity index (χ1n) is 13.8. The number of carbonyl (C=O) groups is 1. The number of halogens is 1. The lowest BCUT2D eigenvalue weighted by Gasteiger charge is -2.37. The molecule has 1 amide bonds. The van der Waals surface area contributed by atoms with Crippen molar-refractivity contribution in [1.82, 2.24) is 14.9 Å². The minimum Gasteiger partial charge on any atom is -0.494 e. The van der Waals surface area contributed by atoms with Gasteiger partial charge in [-0.15, -0.1) is 11.3 Å². The summed E-state index contributed by atoms with van der Waals surface area (Å²) >= 11 is 8.29. The minimum absolute atomic E-state index is 0.00398. The number of rotatable bonds is 9. The van der Waals surface area contributed by atoms with E-state index in [2.05, 4.69) is 28.3 Å². The van der Waals surface area contributed by atoms with Gasteiger partial charge in [0.2, 0.25) is 5.95 Å². The zero-order valence-corrected chi connectivity index (χ0v) is 24.3. The van der Waals surface area contributed by atoms with Crippen molar-refractivity contribution in [2.24, 2.45) is 5.92 Å². The fourth-order valence-electron chi connectivity index (χ4n) is 5.48. The molecule has 1 saturated carbocycles. The molecule has 2 heterocycles. The molecule has 1 N–H and O–H groups in total. The molecule has 0 bridgehead atoms. The number of nitrogens with zero attached hydrogens (tertiary/aromatic N) is 3. The van der Waals surface area contributed by atoms with E-state index >= 15 is 0 Å². The van der Waals surface area contributed by atoms with Crippen LogP contribution in [0.4, 0.5) is 5.95 Å². The highest BCUT2D eigenvalue weighted by Gasteiger charge is 2.32. The van der Waals surface area contributed by atoms with Crippen molar-refractivity contribution in [3.8, 4) is 16.9 Å². The van der Waals surface area contributed by atoms with Gasteiger partial charge in [-0.3, -0.25) is 4.79 Å². The predicted octanol–water partition coefficient (Wildman–Crippen LogP) is 8.06. The number of nitrogens with one attached hydrogen (secondary N) is 1. The number of benzene rings is 2. The van der Waals surface area contributed by atoms with Crippen LogP contribution in [-0.2, 0) is 6.54 Å². The van der Waals surface area contributed by atoms with E-state index in [0.717, 1.165) is 64.1 Å². The first-order chi connectivity index (χ1) is 19.0. The molecule has 0 radical (unpaired) electrons. The van der Waals surface area contributed by atoms with Crippen LogP contribution in [0.1, 0.15) is 61.2 Å². The second-order valence-corrected chi connectivity index (χ2v) is 11.5. The van der Waals surface area contributed by atoms with Crippen LogP contribution >= 0.6 is 22.9 Å². The summed E-state index contributed by atoms with van der Waals surface area (Å²) in [7, 11) is 1.80. The molecule has 0 spiro atoms. The summed E-state index contributed by atoms with van der Waals surface area (Å²) in [6.45, 7) is 5.24. The van der Waals surface area contributed by atoms with Gasteiger partial charge in [-0.25, -0.2) is 9.97 Å². The highest BCUT2D eigenvalue weighted by Crippen LogP contribution is 2.39. The lowest BCUT2D eigenvalue weighted by molar-refractivity contribution is 0.0590. The maximum Gasteiger partial charge on any atom is 0.266 e. The molecule has 2 aromatic carbocycles. The van der Waals surface area contributed by atoms with Crippen LogP contribution < -0.4 is 10.1 Å². The first-order valence-corrected chi connectivity index (χ1v) is 15.0. The Morgan fingerprint density at radius 3 is 2.49 bits per heavy atom. The Balaban J connectivity index is 1.53. The molecular weight excluding hydrogens is 528 g/mol. The topological polar surface area (TPSA) is 67.3 Å². The summed E-state index contributed by atoms with van der Waals surface area (Å²) in [6.07, 6.45) is 9.07. The first kappa shape index (κ1) is 27.4. The van der Waals surface area contributed by atoms with Crippen molar-refractivity contribution in [3.05, 3.63) is 70.3 Å². The standard InChI is InChI=1S/C31H35ClN4O2S/c1-4-20-10-13-24(14-11-20)36(30(37)29-28(32)25-8-6-7-9-27(25)39-29)19-22-16-21(12-15-26(22)38-5-2)23-17-34-31(33-3)35-18-23/h6-9,12,15-18,20,24H,4-5,10-11,13-14,19H2,1-3H3,(H,33,34,35)/t20-,24-. The molecule has 1 aliphatic carbocycles. The average Bonchev–Trinajstić information content (AvgIpc) is 3.33. The normalized spacial score (nSPS) is 17.2. The lowest BCUT2D eigenvalue weighted by Crippen LogP contribution is -2.41. The van der Waals surface area contributed by atoms with Gasteiger partial charge in [-0.05, 0) is 62.3 Å². The Hall–Kier alpha value is -3.16. The Labute approximate surface area is 239 Å². The van der Waals surface area contributed by atoms with Crippen molar-refractivity contribution in [3.63, 3.8) is 0 Å². The van der Waals surface area contributed by atoms with Crippen LogP contribution in [0, 0.1) is 5.92 Å². The summed E-state index contributed by atoms with van der Waals surface area (Å²) < 4.78 is 7.07. The fourth-order valence-corrected chi connectivity index (χ4v) is 6.95. The summed E-state index contributed by atoms with van der Waals surface area (Å²) in [6, 6.07) is 14.2. The van der Waals surface area contributed by atoms with Crippen molar-refractivity contribution in [2.75, 3.05) is 19.0 Å². The van der Waals surface area contributed by atoms with Gasteiger partial charge in [-0.2, -0.15) is 0 Å². The van der Waals surface area contributed by atoms with E-state index in [4.69, 9.17) is 16.3 Å². The summed E-state index contributed by atoms with van der Waals surface area (Å²) in [4.78, 5) is 25.7. The molecule has 5 rings (SSSR count). The third-order valence-corrected chi connectivity index (χ3v) is 9.40. The minimum atomic E-state index is -0.00398. The van der Waals surface area contributed by atoms with Gasteiger partial charge >= 0.3 is 0 Å². The molecule has 0 aliphatic heterocycles. The molecule has 1 aliphatic rings. The third-order valence-electron chi connectivity index (χ3n) is 7.73. The number of anilines is 1. The van der Waals surface area contributed by atoms with E-state index in [1.165, 1.54) is 17.8 Å².